The predicted molar refractivity (Wildman–Crippen MR) is 123 cm³/mol. The number of fused-ring (bicyclic) bond motifs is 1. The first-order valence-corrected chi connectivity index (χ1v) is 10.6. The minimum Gasteiger partial charge on any atom is -0.493 e. The van der Waals surface area contributed by atoms with Crippen molar-refractivity contribution in [3.8, 4) is 11.5 Å². The van der Waals surface area contributed by atoms with Crippen LogP contribution in [0.2, 0.25) is 0 Å². The number of carbonyl (C=O) groups is 3. The molecule has 0 aliphatic carbocycles. The highest BCUT2D eigenvalue weighted by Gasteiger charge is 2.37. The first kappa shape index (κ1) is 22.2. The van der Waals surface area contributed by atoms with Crippen LogP contribution in [0.15, 0.2) is 48.7 Å². The number of methoxy groups -OCH3 is 2. The molecule has 172 valence electrons. The van der Waals surface area contributed by atoms with Gasteiger partial charge in [-0.05, 0) is 48.4 Å². The van der Waals surface area contributed by atoms with Crippen LogP contribution in [0.3, 0.4) is 0 Å². The fraction of sp³-hybridized carbons (Fsp3) is 0.292. The number of ether oxygens (including phenoxy) is 2. The molecular weight excluding hydrogens is 424 g/mol. The summed E-state index contributed by atoms with van der Waals surface area (Å²) >= 11 is 0. The summed E-state index contributed by atoms with van der Waals surface area (Å²) in [5.41, 5.74) is 2.49. The lowest BCUT2D eigenvalue weighted by Gasteiger charge is -2.15. The normalized spacial score (nSPS) is 15.6. The monoisotopic (exact) mass is 450 g/mol. The van der Waals surface area contributed by atoms with Crippen molar-refractivity contribution in [3.05, 3.63) is 54.2 Å². The molecule has 4 rings (SSSR count). The summed E-state index contributed by atoms with van der Waals surface area (Å²) < 4.78 is 12.5. The van der Waals surface area contributed by atoms with Crippen LogP contribution in [0.1, 0.15) is 18.4 Å². The number of rotatable bonds is 8. The highest BCUT2D eigenvalue weighted by Crippen LogP contribution is 2.28. The van der Waals surface area contributed by atoms with Crippen LogP contribution in [0.25, 0.3) is 10.9 Å². The van der Waals surface area contributed by atoms with Crippen LogP contribution in [0.5, 0.6) is 11.5 Å². The van der Waals surface area contributed by atoms with Gasteiger partial charge in [-0.25, -0.2) is 4.79 Å². The number of nitrogens with one attached hydrogen (secondary N) is 2. The molecule has 0 spiro atoms. The van der Waals surface area contributed by atoms with E-state index in [-0.39, 0.29) is 31.2 Å². The summed E-state index contributed by atoms with van der Waals surface area (Å²) in [5, 5.41) is 6.55. The molecule has 9 nitrogen and oxygen atoms in total. The van der Waals surface area contributed by atoms with Gasteiger partial charge >= 0.3 is 6.03 Å². The van der Waals surface area contributed by atoms with Crippen molar-refractivity contribution in [1.29, 1.82) is 0 Å². The molecule has 33 heavy (non-hydrogen) atoms. The van der Waals surface area contributed by atoms with Crippen molar-refractivity contribution in [2.24, 2.45) is 7.05 Å². The lowest BCUT2D eigenvalue weighted by atomic mass is 10.1. The lowest BCUT2D eigenvalue weighted by Crippen LogP contribution is -2.31. The fourth-order valence-electron chi connectivity index (χ4n) is 3.94. The van der Waals surface area contributed by atoms with E-state index in [0.717, 1.165) is 21.4 Å². The zero-order valence-corrected chi connectivity index (χ0v) is 18.8. The topological polar surface area (TPSA) is 102 Å². The van der Waals surface area contributed by atoms with E-state index in [1.165, 1.54) is 14.2 Å². The quantitative estimate of drug-likeness (QED) is 0.514. The molecule has 0 bridgehead atoms. The molecule has 9 heteroatoms. The Bertz CT molecular complexity index is 1220. The van der Waals surface area contributed by atoms with E-state index in [2.05, 4.69) is 10.6 Å². The van der Waals surface area contributed by atoms with Gasteiger partial charge in [-0.1, -0.05) is 6.07 Å². The van der Waals surface area contributed by atoms with Crippen molar-refractivity contribution in [3.63, 3.8) is 0 Å². The van der Waals surface area contributed by atoms with Gasteiger partial charge in [-0.15, -0.1) is 0 Å². The van der Waals surface area contributed by atoms with Crippen LogP contribution >= 0.6 is 0 Å². The summed E-state index contributed by atoms with van der Waals surface area (Å²) in [6, 6.07) is 11.7. The average molecular weight is 450 g/mol. The van der Waals surface area contributed by atoms with Gasteiger partial charge in [0, 0.05) is 36.3 Å². The van der Waals surface area contributed by atoms with E-state index < -0.39 is 12.1 Å². The number of aryl methyl sites for hydroxylation is 1. The Balaban J connectivity index is 1.34. The van der Waals surface area contributed by atoms with Gasteiger partial charge in [0.15, 0.2) is 11.5 Å². The van der Waals surface area contributed by atoms with Gasteiger partial charge in [0.05, 0.1) is 20.8 Å². The molecule has 1 unspecified atom stereocenters. The van der Waals surface area contributed by atoms with Gasteiger partial charge in [0.1, 0.15) is 6.04 Å². The zero-order chi connectivity index (χ0) is 23.5. The molecule has 1 aliphatic heterocycles. The maximum Gasteiger partial charge on any atom is 0.325 e. The summed E-state index contributed by atoms with van der Waals surface area (Å²) in [6.07, 6.45) is 2.28. The van der Waals surface area contributed by atoms with Crippen molar-refractivity contribution in [1.82, 2.24) is 14.8 Å². The zero-order valence-electron chi connectivity index (χ0n) is 18.8. The molecule has 1 fully saturated rings. The second kappa shape index (κ2) is 9.23. The molecule has 0 radical (unpaired) electrons. The molecule has 1 saturated heterocycles. The maximum atomic E-state index is 12.8. The van der Waals surface area contributed by atoms with Crippen LogP contribution in [-0.2, 0) is 23.2 Å². The second-order valence-electron chi connectivity index (χ2n) is 7.90. The van der Waals surface area contributed by atoms with E-state index >= 15 is 0 Å². The first-order valence-electron chi connectivity index (χ1n) is 10.6. The van der Waals surface area contributed by atoms with Crippen LogP contribution in [0.4, 0.5) is 10.5 Å². The first-order chi connectivity index (χ1) is 15.9. The number of urea groups is 1. The number of aromatic nitrogens is 1. The van der Waals surface area contributed by atoms with Gasteiger partial charge < -0.3 is 24.7 Å². The fourth-order valence-corrected chi connectivity index (χ4v) is 3.94. The number of hydrogen-bond donors (Lipinski definition) is 2. The smallest absolute Gasteiger partial charge is 0.325 e. The van der Waals surface area contributed by atoms with E-state index in [4.69, 9.17) is 9.47 Å². The van der Waals surface area contributed by atoms with Crippen molar-refractivity contribution < 1.29 is 23.9 Å². The SMILES string of the molecule is COc1ccc(CN2C(=O)NC(CCC(=O)Nc3ccc4c(ccn4C)c3)C2=O)cc1OC. The highest BCUT2D eigenvalue weighted by molar-refractivity contribution is 6.04. The van der Waals surface area contributed by atoms with Crippen LogP contribution < -0.4 is 20.1 Å². The number of hydrogen-bond acceptors (Lipinski definition) is 5. The largest absolute Gasteiger partial charge is 0.493 e. The Kier molecular flexibility index (Phi) is 6.21. The molecule has 0 saturated carbocycles. The van der Waals surface area contributed by atoms with E-state index in [1.54, 1.807) is 18.2 Å². The molecule has 4 amide bonds. The number of benzene rings is 2. The Morgan fingerprint density at radius 1 is 1.06 bits per heavy atom. The third-order valence-corrected chi connectivity index (χ3v) is 5.72. The van der Waals surface area contributed by atoms with Crippen LogP contribution in [0, 0.1) is 0 Å². The number of amides is 4. The second-order valence-corrected chi connectivity index (χ2v) is 7.90. The number of imide groups is 1. The average Bonchev–Trinajstić information content (AvgIpc) is 3.31. The minimum atomic E-state index is -0.736. The summed E-state index contributed by atoms with van der Waals surface area (Å²) in [5.74, 6) is 0.511. The van der Waals surface area contributed by atoms with Crippen LogP contribution in [-0.4, -0.2) is 47.6 Å². The van der Waals surface area contributed by atoms with Crippen molar-refractivity contribution in [2.75, 3.05) is 19.5 Å². The molecule has 2 N–H and O–H groups in total. The Labute approximate surface area is 191 Å². The molecule has 1 atom stereocenters. The number of carbonyl (C=O) groups excluding carboxylic acids is 3. The molecule has 3 aromatic rings. The minimum absolute atomic E-state index is 0.102. The summed E-state index contributed by atoms with van der Waals surface area (Å²) in [6.45, 7) is 0.102. The molecular formula is C24H26N4O5. The maximum absolute atomic E-state index is 12.8. The van der Waals surface area contributed by atoms with Gasteiger partial charge in [0.2, 0.25) is 5.91 Å². The Morgan fingerprint density at radius 2 is 1.85 bits per heavy atom. The standard InChI is InChI=1S/C24H26N4O5/c1-27-11-10-16-13-17(5-7-19(16)27)25-22(29)9-6-18-23(30)28(24(31)26-18)14-15-4-8-20(32-2)21(12-15)33-3/h4-5,7-8,10-13,18H,6,9,14H2,1-3H3,(H,25,29)(H,26,31). The van der Waals surface area contributed by atoms with E-state index in [1.807, 2.05) is 42.1 Å². The number of nitrogens with zero attached hydrogens (tertiary/aromatic N) is 2. The van der Waals surface area contributed by atoms with Crippen molar-refractivity contribution in [2.45, 2.75) is 25.4 Å². The van der Waals surface area contributed by atoms with Gasteiger partial charge in [0.25, 0.3) is 5.91 Å². The predicted octanol–water partition coefficient (Wildman–Crippen LogP) is 3.03. The van der Waals surface area contributed by atoms with Gasteiger partial charge in [-0.2, -0.15) is 0 Å². The molecule has 1 aliphatic rings. The highest BCUT2D eigenvalue weighted by atomic mass is 16.5. The van der Waals surface area contributed by atoms with Gasteiger partial charge in [-0.3, -0.25) is 14.5 Å². The van der Waals surface area contributed by atoms with Crippen molar-refractivity contribution >= 4 is 34.4 Å². The lowest BCUT2D eigenvalue weighted by molar-refractivity contribution is -0.128. The Hall–Kier alpha value is -4.01. The molecule has 1 aromatic heterocycles. The number of anilines is 1. The third kappa shape index (κ3) is 4.62. The van der Waals surface area contributed by atoms with E-state index in [0.29, 0.717) is 17.2 Å². The summed E-state index contributed by atoms with van der Waals surface area (Å²) in [4.78, 5) is 38.7. The molecule has 2 heterocycles. The third-order valence-electron chi connectivity index (χ3n) is 5.72. The molecule has 2 aromatic carbocycles. The van der Waals surface area contributed by atoms with E-state index in [9.17, 15) is 14.4 Å². The summed E-state index contributed by atoms with van der Waals surface area (Å²) in [7, 11) is 5.02. The Morgan fingerprint density at radius 3 is 2.61 bits per heavy atom.